The number of ether oxygens (including phenoxy) is 1. The summed E-state index contributed by atoms with van der Waals surface area (Å²) in [5, 5.41) is 5.74. The lowest BCUT2D eigenvalue weighted by molar-refractivity contribution is -0.139. The molecule has 10 heteroatoms. The van der Waals surface area contributed by atoms with Gasteiger partial charge in [0.25, 0.3) is 11.5 Å². The van der Waals surface area contributed by atoms with Crippen LogP contribution < -0.4 is 19.9 Å². The Hall–Kier alpha value is -4.18. The molecule has 0 saturated carbocycles. The van der Waals surface area contributed by atoms with Crippen LogP contribution in [-0.2, 0) is 14.3 Å². The van der Waals surface area contributed by atoms with E-state index < -0.39 is 29.3 Å². The molecule has 0 bridgehead atoms. The number of halogens is 1. The SMILES string of the molecule is CCOC(=O)C1=C(C)N=c2s/c(=C/[C@@H]3C(=O)N(c4ccccc4)N=C3C)c(=O)n2[C@H]1c1ccc(F)cc1. The molecule has 188 valence electrons. The van der Waals surface area contributed by atoms with Crippen molar-refractivity contribution in [1.29, 1.82) is 0 Å². The Balaban J connectivity index is 1.63. The summed E-state index contributed by atoms with van der Waals surface area (Å²) in [4.78, 5) is 44.7. The monoisotopic (exact) mass is 518 g/mol. The second-order valence-electron chi connectivity index (χ2n) is 8.58. The number of aromatic nitrogens is 1. The highest BCUT2D eigenvalue weighted by molar-refractivity contribution is 7.07. The molecule has 1 amide bonds. The molecule has 0 unspecified atom stereocenters. The molecule has 3 aromatic rings. The van der Waals surface area contributed by atoms with E-state index in [9.17, 15) is 18.8 Å². The first-order valence-corrected chi connectivity index (χ1v) is 12.5. The number of hydrogen-bond acceptors (Lipinski definition) is 7. The molecule has 0 aliphatic carbocycles. The fourth-order valence-corrected chi connectivity index (χ4v) is 5.50. The van der Waals surface area contributed by atoms with Crippen molar-refractivity contribution in [3.63, 3.8) is 0 Å². The molecule has 1 aromatic heterocycles. The number of thiazole rings is 1. The van der Waals surface area contributed by atoms with Gasteiger partial charge in [-0.15, -0.1) is 0 Å². The van der Waals surface area contributed by atoms with Gasteiger partial charge in [0.05, 0.1) is 39.9 Å². The van der Waals surface area contributed by atoms with Crippen LogP contribution in [0.4, 0.5) is 10.1 Å². The Bertz CT molecular complexity index is 1640. The largest absolute Gasteiger partial charge is 0.463 e. The standard InChI is InChI=1S/C27H23FN4O4S/c1-4-36-26(35)22-16(3)29-27-31(23(22)17-10-12-18(28)13-11-17)25(34)21(37-27)14-20-15(2)30-32(24(20)33)19-8-6-5-7-9-19/h5-14,20,23H,4H2,1-3H3/b21-14+/t20-,23-/m0/s1. The molecule has 37 heavy (non-hydrogen) atoms. The van der Waals surface area contributed by atoms with Crippen molar-refractivity contribution in [3.05, 3.63) is 96.9 Å². The second-order valence-corrected chi connectivity index (χ2v) is 9.59. The zero-order valence-corrected chi connectivity index (χ0v) is 21.2. The Morgan fingerprint density at radius 1 is 1.11 bits per heavy atom. The van der Waals surface area contributed by atoms with Crippen LogP contribution in [0.15, 0.2) is 80.8 Å². The van der Waals surface area contributed by atoms with Gasteiger partial charge in [0.15, 0.2) is 4.80 Å². The van der Waals surface area contributed by atoms with E-state index in [1.807, 2.05) is 18.2 Å². The minimum absolute atomic E-state index is 0.149. The molecule has 2 aliphatic rings. The molecule has 0 spiro atoms. The predicted molar refractivity (Wildman–Crippen MR) is 138 cm³/mol. The van der Waals surface area contributed by atoms with Crippen LogP contribution in [0.25, 0.3) is 6.08 Å². The number of nitrogens with zero attached hydrogens (tertiary/aromatic N) is 4. The lowest BCUT2D eigenvalue weighted by atomic mass is 9.96. The number of hydrazone groups is 1. The summed E-state index contributed by atoms with van der Waals surface area (Å²) in [7, 11) is 0. The van der Waals surface area contributed by atoms with E-state index in [-0.39, 0.29) is 18.1 Å². The summed E-state index contributed by atoms with van der Waals surface area (Å²) in [6, 6.07) is 13.8. The molecule has 2 aliphatic heterocycles. The summed E-state index contributed by atoms with van der Waals surface area (Å²) >= 11 is 1.12. The van der Waals surface area contributed by atoms with Crippen LogP contribution in [0.2, 0.25) is 0 Å². The normalized spacial score (nSPS) is 19.6. The lowest BCUT2D eigenvalue weighted by Crippen LogP contribution is -2.40. The zero-order chi connectivity index (χ0) is 26.3. The lowest BCUT2D eigenvalue weighted by Gasteiger charge is -2.24. The van der Waals surface area contributed by atoms with E-state index >= 15 is 0 Å². The summed E-state index contributed by atoms with van der Waals surface area (Å²) < 4.78 is 20.7. The molecular weight excluding hydrogens is 495 g/mol. The van der Waals surface area contributed by atoms with E-state index in [0.717, 1.165) is 11.3 Å². The Morgan fingerprint density at radius 3 is 2.49 bits per heavy atom. The maximum atomic E-state index is 13.7. The molecule has 0 saturated heterocycles. The number of carbonyl (C=O) groups excluding carboxylic acids is 2. The van der Waals surface area contributed by atoms with Crippen molar-refractivity contribution in [2.24, 2.45) is 16.0 Å². The molecule has 3 heterocycles. The van der Waals surface area contributed by atoms with Gasteiger partial charge in [0, 0.05) is 0 Å². The molecule has 0 fully saturated rings. The van der Waals surface area contributed by atoms with Crippen LogP contribution in [0.5, 0.6) is 0 Å². The number of esters is 1. The number of carbonyl (C=O) groups is 2. The number of fused-ring (bicyclic) bond motifs is 1. The van der Waals surface area contributed by atoms with Crippen molar-refractivity contribution >= 4 is 40.7 Å². The van der Waals surface area contributed by atoms with Crippen molar-refractivity contribution in [1.82, 2.24) is 4.57 Å². The Kier molecular flexibility index (Phi) is 6.43. The Morgan fingerprint density at radius 2 is 1.81 bits per heavy atom. The number of benzene rings is 2. The van der Waals surface area contributed by atoms with Crippen LogP contribution >= 0.6 is 11.3 Å². The molecule has 5 rings (SSSR count). The van der Waals surface area contributed by atoms with Gasteiger partial charge in [-0.1, -0.05) is 41.7 Å². The molecule has 2 aromatic carbocycles. The fraction of sp³-hybridized carbons (Fsp3) is 0.222. The third kappa shape index (κ3) is 4.33. The third-order valence-corrected chi connectivity index (χ3v) is 7.21. The van der Waals surface area contributed by atoms with Crippen molar-refractivity contribution in [3.8, 4) is 0 Å². The Labute approximate surface area is 215 Å². The number of allylic oxidation sites excluding steroid dienone is 1. The topological polar surface area (TPSA) is 93.3 Å². The summed E-state index contributed by atoms with van der Waals surface area (Å²) in [5.74, 6) is -2.03. The number of hydrogen-bond donors (Lipinski definition) is 0. The van der Waals surface area contributed by atoms with Crippen LogP contribution in [0.3, 0.4) is 0 Å². The van der Waals surface area contributed by atoms with Gasteiger partial charge < -0.3 is 4.74 Å². The first-order valence-electron chi connectivity index (χ1n) is 11.7. The van der Waals surface area contributed by atoms with E-state index in [1.165, 1.54) is 33.8 Å². The van der Waals surface area contributed by atoms with Gasteiger partial charge in [-0.3, -0.25) is 14.2 Å². The third-order valence-electron chi connectivity index (χ3n) is 6.20. The average molecular weight is 519 g/mol. The van der Waals surface area contributed by atoms with Gasteiger partial charge in [-0.05, 0) is 56.7 Å². The highest BCUT2D eigenvalue weighted by Crippen LogP contribution is 2.31. The van der Waals surface area contributed by atoms with Gasteiger partial charge in [-0.25, -0.2) is 14.2 Å². The first-order chi connectivity index (χ1) is 17.8. The predicted octanol–water partition coefficient (Wildman–Crippen LogP) is 2.93. The number of rotatable bonds is 5. The summed E-state index contributed by atoms with van der Waals surface area (Å²) in [6.45, 7) is 5.26. The summed E-state index contributed by atoms with van der Waals surface area (Å²) in [5.41, 5.74) is 1.93. The van der Waals surface area contributed by atoms with Crippen LogP contribution in [0, 0.1) is 11.7 Å². The van der Waals surface area contributed by atoms with E-state index in [0.29, 0.717) is 32.0 Å². The van der Waals surface area contributed by atoms with Crippen molar-refractivity contribution in [2.75, 3.05) is 11.6 Å². The van der Waals surface area contributed by atoms with Crippen molar-refractivity contribution < 1.29 is 18.7 Å². The molecular formula is C27H23FN4O4S. The molecule has 8 nitrogen and oxygen atoms in total. The fourth-order valence-electron chi connectivity index (χ4n) is 4.44. The number of anilines is 1. The second kappa shape index (κ2) is 9.70. The number of para-hydroxylation sites is 1. The van der Waals surface area contributed by atoms with Gasteiger partial charge >= 0.3 is 5.97 Å². The first kappa shape index (κ1) is 24.5. The van der Waals surface area contributed by atoms with Gasteiger partial charge in [0.2, 0.25) is 0 Å². The minimum Gasteiger partial charge on any atom is -0.463 e. The van der Waals surface area contributed by atoms with Crippen LogP contribution in [0.1, 0.15) is 32.4 Å². The minimum atomic E-state index is -0.854. The van der Waals surface area contributed by atoms with Gasteiger partial charge in [0.1, 0.15) is 11.7 Å². The van der Waals surface area contributed by atoms with Gasteiger partial charge in [-0.2, -0.15) is 10.1 Å². The molecule has 0 N–H and O–H groups in total. The zero-order valence-electron chi connectivity index (χ0n) is 20.3. The average Bonchev–Trinajstić information content (AvgIpc) is 3.34. The van der Waals surface area contributed by atoms with Crippen LogP contribution in [-0.4, -0.2) is 28.8 Å². The quantitative estimate of drug-likeness (QED) is 0.486. The maximum Gasteiger partial charge on any atom is 0.338 e. The van der Waals surface area contributed by atoms with E-state index in [4.69, 9.17) is 4.74 Å². The smallest absolute Gasteiger partial charge is 0.338 e. The molecule has 0 radical (unpaired) electrons. The maximum absolute atomic E-state index is 13.7. The number of amides is 1. The highest BCUT2D eigenvalue weighted by Gasteiger charge is 2.35. The highest BCUT2D eigenvalue weighted by atomic mass is 32.1. The molecule has 2 atom stereocenters. The van der Waals surface area contributed by atoms with Crippen molar-refractivity contribution in [2.45, 2.75) is 26.8 Å². The van der Waals surface area contributed by atoms with E-state index in [1.54, 1.807) is 39.0 Å². The summed E-state index contributed by atoms with van der Waals surface area (Å²) in [6.07, 6.45) is 1.60. The van der Waals surface area contributed by atoms with E-state index in [2.05, 4.69) is 10.1 Å².